The van der Waals surface area contributed by atoms with Gasteiger partial charge in [0.15, 0.2) is 18.2 Å². The van der Waals surface area contributed by atoms with Crippen molar-refractivity contribution in [3.05, 3.63) is 77.4 Å². The molecule has 0 aliphatic heterocycles. The molecular formula is C16H12N2O4. The van der Waals surface area contributed by atoms with Crippen molar-refractivity contribution in [1.82, 2.24) is 5.16 Å². The predicted octanol–water partition coefficient (Wildman–Crippen LogP) is 2.33. The first-order valence-electron chi connectivity index (χ1n) is 6.59. The third-order valence-corrected chi connectivity index (χ3v) is 3.01. The average molecular weight is 296 g/mol. The van der Waals surface area contributed by atoms with Crippen molar-refractivity contribution in [2.45, 2.75) is 6.61 Å². The second-order valence-corrected chi connectivity index (χ2v) is 4.57. The molecule has 0 amide bonds. The fourth-order valence-electron chi connectivity index (χ4n) is 1.89. The smallest absolute Gasteiger partial charge is 0.338 e. The van der Waals surface area contributed by atoms with Crippen LogP contribution in [0.15, 0.2) is 65.4 Å². The summed E-state index contributed by atoms with van der Waals surface area (Å²) in [6.45, 7) is 0.00142. The molecule has 110 valence electrons. The molecule has 0 N–H and O–H groups in total. The molecule has 0 saturated carbocycles. The lowest BCUT2D eigenvalue weighted by molar-refractivity contribution is -0.605. The van der Waals surface area contributed by atoms with E-state index in [9.17, 15) is 10.0 Å². The molecule has 3 rings (SSSR count). The van der Waals surface area contributed by atoms with Crippen LogP contribution in [0.5, 0.6) is 0 Å². The number of nitrogens with zero attached hydrogens (tertiary/aromatic N) is 2. The Balaban J connectivity index is 1.64. The fourth-order valence-corrected chi connectivity index (χ4v) is 1.89. The zero-order valence-electron chi connectivity index (χ0n) is 11.5. The van der Waals surface area contributed by atoms with Crippen molar-refractivity contribution in [2.75, 3.05) is 0 Å². The Morgan fingerprint density at radius 2 is 1.91 bits per heavy atom. The van der Waals surface area contributed by atoms with Crippen LogP contribution in [0.3, 0.4) is 0 Å². The van der Waals surface area contributed by atoms with E-state index < -0.39 is 5.97 Å². The molecule has 0 bridgehead atoms. The highest BCUT2D eigenvalue weighted by molar-refractivity contribution is 5.88. The molecule has 22 heavy (non-hydrogen) atoms. The van der Waals surface area contributed by atoms with Crippen LogP contribution in [0, 0.1) is 5.21 Å². The van der Waals surface area contributed by atoms with E-state index in [-0.39, 0.29) is 6.61 Å². The van der Waals surface area contributed by atoms with Gasteiger partial charge in [0.1, 0.15) is 12.3 Å². The van der Waals surface area contributed by atoms with E-state index in [0.717, 1.165) is 5.56 Å². The molecule has 0 radical (unpaired) electrons. The van der Waals surface area contributed by atoms with Crippen molar-refractivity contribution in [1.29, 1.82) is 0 Å². The lowest BCUT2D eigenvalue weighted by Gasteiger charge is -2.01. The molecule has 0 aliphatic rings. The number of pyridine rings is 1. The minimum absolute atomic E-state index is 0.00142. The second kappa shape index (κ2) is 6.09. The molecule has 0 unspecified atom stereocenters. The molecular weight excluding hydrogens is 284 g/mol. The number of carbonyl (C=O) groups is 1. The molecule has 0 spiro atoms. The minimum atomic E-state index is -0.523. The van der Waals surface area contributed by atoms with Crippen LogP contribution >= 0.6 is 0 Å². The number of benzene rings is 1. The molecule has 6 heteroatoms. The fraction of sp³-hybridized carbons (Fsp3) is 0.0625. The van der Waals surface area contributed by atoms with E-state index in [1.165, 1.54) is 24.5 Å². The summed E-state index contributed by atoms with van der Waals surface area (Å²) in [7, 11) is 0. The molecule has 0 fully saturated rings. The number of hydrogen-bond donors (Lipinski definition) is 0. The van der Waals surface area contributed by atoms with Gasteiger partial charge >= 0.3 is 5.97 Å². The molecule has 2 heterocycles. The molecule has 6 nitrogen and oxygen atoms in total. The van der Waals surface area contributed by atoms with Gasteiger partial charge in [-0.25, -0.2) is 4.79 Å². The van der Waals surface area contributed by atoms with Crippen molar-refractivity contribution < 1.29 is 18.8 Å². The van der Waals surface area contributed by atoms with Crippen LogP contribution in [-0.4, -0.2) is 11.1 Å². The summed E-state index contributed by atoms with van der Waals surface area (Å²) in [6.07, 6.45) is 2.47. The highest BCUT2D eigenvalue weighted by Crippen LogP contribution is 2.20. The number of ether oxygens (including phenoxy) is 1. The third kappa shape index (κ3) is 3.12. The maximum atomic E-state index is 11.8. The van der Waals surface area contributed by atoms with Gasteiger partial charge in [-0.2, -0.15) is 4.73 Å². The number of carbonyl (C=O) groups excluding carboxylic acids is 1. The van der Waals surface area contributed by atoms with Crippen molar-refractivity contribution in [2.24, 2.45) is 0 Å². The Kier molecular flexibility index (Phi) is 3.82. The van der Waals surface area contributed by atoms with Crippen LogP contribution in [0.1, 0.15) is 16.1 Å². The summed E-state index contributed by atoms with van der Waals surface area (Å²) < 4.78 is 10.9. The van der Waals surface area contributed by atoms with E-state index in [1.807, 2.05) is 30.3 Å². The van der Waals surface area contributed by atoms with Gasteiger partial charge in [0.2, 0.25) is 0 Å². The molecule has 1 aromatic carbocycles. The van der Waals surface area contributed by atoms with Gasteiger partial charge in [-0.15, -0.1) is 0 Å². The number of rotatable bonds is 4. The zero-order valence-corrected chi connectivity index (χ0v) is 11.5. The monoisotopic (exact) mass is 296 g/mol. The maximum Gasteiger partial charge on any atom is 0.338 e. The van der Waals surface area contributed by atoms with Crippen molar-refractivity contribution >= 4 is 5.97 Å². The summed E-state index contributed by atoms with van der Waals surface area (Å²) in [6, 6.07) is 14.0. The van der Waals surface area contributed by atoms with Gasteiger partial charge in [-0.3, -0.25) is 0 Å². The number of esters is 1. The van der Waals surface area contributed by atoms with E-state index in [2.05, 4.69) is 5.16 Å². The average Bonchev–Trinajstić information content (AvgIpc) is 3.03. The third-order valence-electron chi connectivity index (χ3n) is 3.01. The van der Waals surface area contributed by atoms with Crippen molar-refractivity contribution in [3.63, 3.8) is 0 Å². The Labute approximate surface area is 126 Å². The Morgan fingerprint density at radius 3 is 2.64 bits per heavy atom. The van der Waals surface area contributed by atoms with Crippen LogP contribution < -0.4 is 4.73 Å². The Hall–Kier alpha value is -3.15. The Bertz CT molecular complexity index is 766. The lowest BCUT2D eigenvalue weighted by atomic mass is 10.2. The topological polar surface area (TPSA) is 79.3 Å². The van der Waals surface area contributed by atoms with Crippen molar-refractivity contribution in [3.8, 4) is 11.3 Å². The predicted molar refractivity (Wildman–Crippen MR) is 76.5 cm³/mol. The second-order valence-electron chi connectivity index (χ2n) is 4.57. The van der Waals surface area contributed by atoms with Gasteiger partial charge in [0, 0.05) is 23.8 Å². The highest BCUT2D eigenvalue weighted by Gasteiger charge is 2.11. The SMILES string of the molecule is O=C(OCc1cc(-c2ccccc2)on1)c1cc[n+]([O-])cc1. The summed E-state index contributed by atoms with van der Waals surface area (Å²) in [5.74, 6) is 0.0867. The summed E-state index contributed by atoms with van der Waals surface area (Å²) in [5.41, 5.74) is 1.72. The Morgan fingerprint density at radius 1 is 1.18 bits per heavy atom. The first kappa shape index (κ1) is 13.8. The van der Waals surface area contributed by atoms with Gasteiger partial charge in [0.05, 0.1) is 5.56 Å². The van der Waals surface area contributed by atoms with E-state index in [0.29, 0.717) is 21.7 Å². The van der Waals surface area contributed by atoms with Crippen LogP contribution in [0.2, 0.25) is 0 Å². The standard InChI is InChI=1S/C16H12N2O4/c19-16(13-6-8-18(20)9-7-13)21-11-14-10-15(22-17-14)12-4-2-1-3-5-12/h1-10H,11H2. The van der Waals surface area contributed by atoms with Gasteiger partial charge in [-0.1, -0.05) is 35.5 Å². The summed E-state index contributed by atoms with van der Waals surface area (Å²) >= 11 is 0. The summed E-state index contributed by atoms with van der Waals surface area (Å²) in [5, 5.41) is 14.8. The first-order chi connectivity index (χ1) is 10.7. The molecule has 0 atom stereocenters. The van der Waals surface area contributed by atoms with Crippen LogP contribution in [0.25, 0.3) is 11.3 Å². The number of aromatic nitrogens is 2. The van der Waals surface area contributed by atoms with E-state index in [1.54, 1.807) is 6.07 Å². The van der Waals surface area contributed by atoms with Crippen LogP contribution in [-0.2, 0) is 11.3 Å². The first-order valence-corrected chi connectivity index (χ1v) is 6.59. The van der Waals surface area contributed by atoms with Crippen LogP contribution in [0.4, 0.5) is 0 Å². The van der Waals surface area contributed by atoms with Gasteiger partial charge < -0.3 is 14.5 Å². The normalized spacial score (nSPS) is 10.4. The minimum Gasteiger partial charge on any atom is -0.619 e. The summed E-state index contributed by atoms with van der Waals surface area (Å²) in [4.78, 5) is 11.8. The quantitative estimate of drug-likeness (QED) is 0.419. The maximum absolute atomic E-state index is 11.8. The highest BCUT2D eigenvalue weighted by atomic mass is 16.5. The van der Waals surface area contributed by atoms with E-state index >= 15 is 0 Å². The van der Waals surface area contributed by atoms with Gasteiger partial charge in [-0.05, 0) is 0 Å². The van der Waals surface area contributed by atoms with Gasteiger partial charge in [0.25, 0.3) is 0 Å². The number of hydrogen-bond acceptors (Lipinski definition) is 5. The lowest BCUT2D eigenvalue weighted by Crippen LogP contribution is -2.24. The molecule has 0 aliphatic carbocycles. The molecule has 3 aromatic rings. The largest absolute Gasteiger partial charge is 0.619 e. The van der Waals surface area contributed by atoms with E-state index in [4.69, 9.17) is 9.26 Å². The molecule has 2 aromatic heterocycles. The molecule has 0 saturated heterocycles. The zero-order chi connectivity index (χ0) is 15.4.